The molecule has 3 fully saturated rings. The molecule has 2 aromatic carbocycles. The monoisotopic (exact) mass is 445 g/mol. The molecule has 1 saturated carbocycles. The second kappa shape index (κ2) is 7.89. The van der Waals surface area contributed by atoms with Gasteiger partial charge in [0.25, 0.3) is 0 Å². The molecule has 2 aliphatic heterocycles. The number of amides is 1. The summed E-state index contributed by atoms with van der Waals surface area (Å²) in [5, 5.41) is 0. The van der Waals surface area contributed by atoms with E-state index in [0.29, 0.717) is 11.8 Å². The molecule has 5 nitrogen and oxygen atoms in total. The predicted molar refractivity (Wildman–Crippen MR) is 124 cm³/mol. The number of hydrogen-bond donors (Lipinski definition) is 2. The number of nitrogens with one attached hydrogen (secondary N) is 2. The van der Waals surface area contributed by atoms with Crippen LogP contribution in [0.3, 0.4) is 0 Å². The lowest BCUT2D eigenvalue weighted by atomic mass is 9.81. The Morgan fingerprint density at radius 2 is 1.48 bits per heavy atom. The van der Waals surface area contributed by atoms with Crippen molar-refractivity contribution < 1.29 is 14.0 Å². The van der Waals surface area contributed by atoms with Gasteiger partial charge < -0.3 is 4.90 Å². The van der Waals surface area contributed by atoms with E-state index in [1.165, 1.54) is 12.1 Å². The molecule has 170 valence electrons. The van der Waals surface area contributed by atoms with Crippen molar-refractivity contribution in [3.8, 4) is 11.1 Å². The van der Waals surface area contributed by atoms with Crippen molar-refractivity contribution in [2.24, 2.45) is 17.8 Å². The molecule has 2 aliphatic carbocycles. The fourth-order valence-electron chi connectivity index (χ4n) is 5.41. The van der Waals surface area contributed by atoms with Gasteiger partial charge in [0.15, 0.2) is 11.4 Å². The van der Waals surface area contributed by atoms with E-state index in [4.69, 9.17) is 0 Å². The van der Waals surface area contributed by atoms with Crippen molar-refractivity contribution in [3.63, 3.8) is 0 Å². The Kier molecular flexibility index (Phi) is 4.96. The fourth-order valence-corrected chi connectivity index (χ4v) is 5.41. The highest BCUT2D eigenvalue weighted by molar-refractivity contribution is 6.08. The number of piperidine rings is 1. The van der Waals surface area contributed by atoms with Crippen LogP contribution >= 0.6 is 0 Å². The molecule has 1 atom stereocenters. The van der Waals surface area contributed by atoms with E-state index in [1.54, 1.807) is 12.1 Å². The molecule has 1 spiro atoms. The quantitative estimate of drug-likeness (QED) is 0.684. The molecule has 2 saturated heterocycles. The Morgan fingerprint density at radius 3 is 2.06 bits per heavy atom. The molecule has 2 heterocycles. The Bertz CT molecular complexity index is 1110. The summed E-state index contributed by atoms with van der Waals surface area (Å²) in [6.45, 7) is 1.63. The fraction of sp³-hybridized carbons (Fsp3) is 0.407. The highest BCUT2D eigenvalue weighted by Crippen LogP contribution is 2.43. The lowest BCUT2D eigenvalue weighted by molar-refractivity contribution is -0.134. The number of carbonyl (C=O) groups is 2. The molecule has 0 aromatic heterocycles. The molecule has 2 N–H and O–H groups in total. The first kappa shape index (κ1) is 20.8. The number of Topliss-reactive ketones (excluding diaryl/α,β-unsaturated/α-hetero) is 1. The molecule has 4 aliphatic rings. The van der Waals surface area contributed by atoms with Gasteiger partial charge in [0.05, 0.1) is 0 Å². The van der Waals surface area contributed by atoms with Gasteiger partial charge in [-0.25, -0.2) is 15.2 Å². The Morgan fingerprint density at radius 1 is 0.909 bits per heavy atom. The van der Waals surface area contributed by atoms with Crippen LogP contribution in [0.5, 0.6) is 0 Å². The number of hydrazine groups is 1. The number of benzene rings is 2. The summed E-state index contributed by atoms with van der Waals surface area (Å²) >= 11 is 0. The van der Waals surface area contributed by atoms with Crippen LogP contribution in [0, 0.1) is 23.6 Å². The summed E-state index contributed by atoms with van der Waals surface area (Å²) in [5.41, 5.74) is 9.48. The number of carbonyl (C=O) groups excluding carboxylic acids is 2. The van der Waals surface area contributed by atoms with Gasteiger partial charge in [0.2, 0.25) is 5.91 Å². The molecule has 33 heavy (non-hydrogen) atoms. The smallest absolute Gasteiger partial charge is 0.225 e. The van der Waals surface area contributed by atoms with Crippen molar-refractivity contribution in [3.05, 3.63) is 66.0 Å². The predicted octanol–water partition coefficient (Wildman–Crippen LogP) is 3.92. The molecule has 0 radical (unpaired) electrons. The summed E-state index contributed by atoms with van der Waals surface area (Å²) in [4.78, 5) is 27.7. The summed E-state index contributed by atoms with van der Waals surface area (Å²) < 4.78 is 13.3. The third kappa shape index (κ3) is 3.91. The molecule has 2 aromatic rings. The van der Waals surface area contributed by atoms with Gasteiger partial charge in [0, 0.05) is 24.9 Å². The molecule has 0 bridgehead atoms. The summed E-state index contributed by atoms with van der Waals surface area (Å²) in [6, 6.07) is 14.7. The van der Waals surface area contributed by atoms with Crippen molar-refractivity contribution in [1.29, 1.82) is 0 Å². The van der Waals surface area contributed by atoms with E-state index >= 15 is 0 Å². The first-order valence-electron chi connectivity index (χ1n) is 12.0. The highest BCUT2D eigenvalue weighted by Gasteiger charge is 2.56. The number of likely N-dealkylation sites (tertiary alicyclic amines) is 1. The molecular formula is C27H28FN3O2. The molecule has 1 amide bonds. The van der Waals surface area contributed by atoms with E-state index in [-0.39, 0.29) is 23.4 Å². The van der Waals surface area contributed by atoms with Crippen LogP contribution in [-0.4, -0.2) is 35.3 Å². The van der Waals surface area contributed by atoms with Crippen LogP contribution in [0.4, 0.5) is 4.39 Å². The zero-order valence-electron chi connectivity index (χ0n) is 18.5. The first-order chi connectivity index (χ1) is 16.0. The molecule has 6 rings (SSSR count). The molecule has 1 unspecified atom stereocenters. The topological polar surface area (TPSA) is 81.3 Å². The minimum atomic E-state index is -0.710. The molecular weight excluding hydrogens is 417 g/mol. The maximum absolute atomic E-state index is 13.3. The van der Waals surface area contributed by atoms with Gasteiger partial charge >= 0.3 is 0 Å². The maximum Gasteiger partial charge on any atom is 0.225 e. The first-order valence-corrected chi connectivity index (χ1v) is 12.0. The number of nitrogens with zero attached hydrogens (tertiary/aromatic N) is 1. The average Bonchev–Trinajstić information content (AvgIpc) is 3.77. The summed E-state index contributed by atoms with van der Waals surface area (Å²) in [6.07, 6.45) is 6.89. The number of halogens is 1. The van der Waals surface area contributed by atoms with Gasteiger partial charge in [-0.05, 0) is 78.5 Å². The van der Waals surface area contributed by atoms with Crippen LogP contribution in [0.15, 0.2) is 54.6 Å². The minimum absolute atomic E-state index is 0.153. The largest absolute Gasteiger partial charge is 0.342 e. The third-order valence-corrected chi connectivity index (χ3v) is 7.66. The second-order valence-electron chi connectivity index (χ2n) is 9.94. The van der Waals surface area contributed by atoms with Crippen LogP contribution in [0.25, 0.3) is 16.7 Å². The van der Waals surface area contributed by atoms with E-state index in [0.717, 1.165) is 67.5 Å². The average molecular weight is 446 g/mol. The maximum atomic E-state index is 13.3. The van der Waals surface area contributed by atoms with Crippen molar-refractivity contribution in [2.75, 3.05) is 13.1 Å². The van der Waals surface area contributed by atoms with Gasteiger partial charge in [-0.3, -0.25) is 9.59 Å². The normalized spacial score (nSPS) is 24.3. The molecule has 6 heteroatoms. The summed E-state index contributed by atoms with van der Waals surface area (Å²) in [7, 11) is 0. The van der Waals surface area contributed by atoms with E-state index in [1.807, 2.05) is 23.1 Å². The Hall–Kier alpha value is -2.83. The number of allylic oxidation sites excluding steroid dienone is 1. The number of hydrogen-bond acceptors (Lipinski definition) is 4. The van der Waals surface area contributed by atoms with Crippen molar-refractivity contribution in [1.82, 2.24) is 15.8 Å². The summed E-state index contributed by atoms with van der Waals surface area (Å²) in [5.74, 6) is 0.842. The van der Waals surface area contributed by atoms with Crippen LogP contribution in [0.2, 0.25) is 0 Å². The Labute approximate surface area is 193 Å². The minimum Gasteiger partial charge on any atom is -0.342 e. The van der Waals surface area contributed by atoms with Gasteiger partial charge in [0.1, 0.15) is 5.82 Å². The van der Waals surface area contributed by atoms with E-state index in [9.17, 15) is 14.0 Å². The van der Waals surface area contributed by atoms with Crippen LogP contribution in [-0.2, 0) is 9.59 Å². The van der Waals surface area contributed by atoms with Crippen LogP contribution in [0.1, 0.15) is 37.7 Å². The van der Waals surface area contributed by atoms with E-state index < -0.39 is 5.66 Å². The zero-order chi connectivity index (χ0) is 22.6. The highest BCUT2D eigenvalue weighted by atomic mass is 19.1. The number of rotatable bonds is 5. The van der Waals surface area contributed by atoms with Gasteiger partial charge in [-0.1, -0.05) is 36.4 Å². The lowest BCUT2D eigenvalue weighted by Crippen LogP contribution is -2.40. The SMILES string of the molecule is O=C(C1CC1)N1CCC(CC2C(=O)C3(C=C2c2ccc(-c4ccc(F)cc4)cc2)NN3)CC1. The zero-order valence-corrected chi connectivity index (χ0v) is 18.5. The third-order valence-electron chi connectivity index (χ3n) is 7.66. The number of ketones is 1. The second-order valence-corrected chi connectivity index (χ2v) is 9.94. The van der Waals surface area contributed by atoms with Crippen LogP contribution < -0.4 is 10.9 Å². The van der Waals surface area contributed by atoms with Crippen molar-refractivity contribution >= 4 is 17.3 Å². The van der Waals surface area contributed by atoms with Crippen molar-refractivity contribution in [2.45, 2.75) is 37.8 Å². The standard InChI is InChI=1S/C27H28FN3O2/c28-22-9-7-19(8-10-22)18-1-3-20(4-2-18)24-16-27(29-30-27)25(32)23(24)15-17-11-13-31(14-12-17)26(33)21-5-6-21/h1-4,7-10,16-17,21,23,29-30H,5-6,11-15H2. The van der Waals surface area contributed by atoms with E-state index in [2.05, 4.69) is 23.0 Å². The lowest BCUT2D eigenvalue weighted by Gasteiger charge is -2.33. The Balaban J connectivity index is 1.17. The van der Waals surface area contributed by atoms with Gasteiger partial charge in [-0.15, -0.1) is 0 Å². The van der Waals surface area contributed by atoms with Gasteiger partial charge in [-0.2, -0.15) is 0 Å².